The smallest absolute Gasteiger partial charge is 0.407 e. The van der Waals surface area contributed by atoms with Crippen LogP contribution >= 0.6 is 0 Å². The maximum atomic E-state index is 12.8. The second-order valence-electron chi connectivity index (χ2n) is 9.51. The van der Waals surface area contributed by atoms with E-state index < -0.39 is 59.5 Å². The Labute approximate surface area is 238 Å². The molecule has 8 N–H and O–H groups in total. The number of aliphatic hydroxyl groups is 1. The maximum absolute atomic E-state index is 12.8. The van der Waals surface area contributed by atoms with Crippen LogP contribution in [0.3, 0.4) is 0 Å². The van der Waals surface area contributed by atoms with E-state index in [-0.39, 0.29) is 38.5 Å². The molecule has 228 valence electrons. The fourth-order valence-corrected chi connectivity index (χ4v) is 3.34. The molecule has 1 aromatic carbocycles. The normalized spacial score (nSPS) is 13.3. The van der Waals surface area contributed by atoms with Gasteiger partial charge in [-0.3, -0.25) is 14.4 Å². The Bertz CT molecular complexity index is 1040. The summed E-state index contributed by atoms with van der Waals surface area (Å²) < 4.78 is 4.91. The lowest BCUT2D eigenvalue weighted by molar-refractivity contribution is -0.485. The van der Waals surface area contributed by atoms with Crippen molar-refractivity contribution in [3.8, 4) is 0 Å². The third-order valence-electron chi connectivity index (χ3n) is 5.43. The van der Waals surface area contributed by atoms with Crippen LogP contribution in [0.1, 0.15) is 39.2 Å². The van der Waals surface area contributed by atoms with E-state index in [1.165, 1.54) is 6.92 Å². The van der Waals surface area contributed by atoms with Gasteiger partial charge in [0.05, 0.1) is 12.6 Å². The Morgan fingerprint density at radius 2 is 1.71 bits per heavy atom. The van der Waals surface area contributed by atoms with E-state index in [0.717, 1.165) is 5.56 Å². The summed E-state index contributed by atoms with van der Waals surface area (Å²) in [5.41, 5.74) is 6.37. The molecule has 4 amide bonds. The highest BCUT2D eigenvalue weighted by atomic mass is 16.7. The van der Waals surface area contributed by atoms with E-state index in [1.54, 1.807) is 0 Å². The summed E-state index contributed by atoms with van der Waals surface area (Å²) in [6, 6.07) is 7.24. The summed E-state index contributed by atoms with van der Waals surface area (Å²) in [6.45, 7) is 5.20. The number of nitrogens with zero attached hydrogens (tertiary/aromatic N) is 2. The number of benzene rings is 1. The average molecular weight is 581 g/mol. The molecule has 3 atom stereocenters. The first kappa shape index (κ1) is 34.6. The molecule has 0 saturated heterocycles. The van der Waals surface area contributed by atoms with E-state index in [9.17, 15) is 34.4 Å². The van der Waals surface area contributed by atoms with Gasteiger partial charge >= 0.3 is 6.09 Å². The van der Waals surface area contributed by atoms with Crippen molar-refractivity contribution in [3.63, 3.8) is 0 Å². The van der Waals surface area contributed by atoms with Gasteiger partial charge in [0.15, 0.2) is 11.1 Å². The van der Waals surface area contributed by atoms with E-state index >= 15 is 0 Å². The fourth-order valence-electron chi connectivity index (χ4n) is 3.34. The van der Waals surface area contributed by atoms with Crippen LogP contribution < -0.4 is 32.3 Å². The van der Waals surface area contributed by atoms with Crippen molar-refractivity contribution < 1.29 is 34.1 Å². The first-order chi connectivity index (χ1) is 19.4. The van der Waals surface area contributed by atoms with Gasteiger partial charge in [0.1, 0.15) is 17.7 Å². The molecule has 2 unspecified atom stereocenters. The quantitative estimate of drug-likeness (QED) is 0.0388. The van der Waals surface area contributed by atoms with Crippen LogP contribution in [0.25, 0.3) is 0 Å². The molecule has 0 aliphatic rings. The van der Waals surface area contributed by atoms with Gasteiger partial charge < -0.3 is 42.2 Å². The van der Waals surface area contributed by atoms with Crippen molar-refractivity contribution in [3.05, 3.63) is 46.0 Å². The Morgan fingerprint density at radius 1 is 1.02 bits per heavy atom. The molecule has 0 aromatic heterocycles. The molecule has 1 rings (SSSR count). The molecule has 0 fully saturated rings. The van der Waals surface area contributed by atoms with Crippen molar-refractivity contribution in [2.45, 2.75) is 58.2 Å². The number of nitrogens with two attached hydrogens (primary N) is 1. The van der Waals surface area contributed by atoms with Crippen LogP contribution in [-0.4, -0.2) is 84.3 Å². The highest BCUT2D eigenvalue weighted by Gasteiger charge is 2.29. The molecule has 0 radical (unpaired) electrons. The third-order valence-corrected chi connectivity index (χ3v) is 5.43. The number of guanidine groups is 1. The monoisotopic (exact) mass is 580 g/mol. The zero-order valence-corrected chi connectivity index (χ0v) is 23.4. The summed E-state index contributed by atoms with van der Waals surface area (Å²) in [5.74, 6) is -2.36. The average Bonchev–Trinajstić information content (AvgIpc) is 2.91. The number of hydrogen-bond acceptors (Lipinski definition) is 8. The number of nitrogens with one attached hydrogen (secondary N) is 5. The van der Waals surface area contributed by atoms with E-state index in [4.69, 9.17) is 10.5 Å². The van der Waals surface area contributed by atoms with Crippen molar-refractivity contribution in [1.29, 1.82) is 0 Å². The van der Waals surface area contributed by atoms with E-state index in [1.807, 2.05) is 44.2 Å². The molecular weight excluding hydrogens is 540 g/mol. The maximum Gasteiger partial charge on any atom is 0.407 e. The third kappa shape index (κ3) is 15.6. The lowest BCUT2D eigenvalue weighted by Gasteiger charge is -2.25. The molecule has 41 heavy (non-hydrogen) atoms. The highest BCUT2D eigenvalue weighted by Crippen LogP contribution is 2.05. The molecule has 0 bridgehead atoms. The summed E-state index contributed by atoms with van der Waals surface area (Å²) >= 11 is 0. The minimum Gasteiger partial charge on any atom is -0.449 e. The highest BCUT2D eigenvalue weighted by molar-refractivity contribution is 5.90. The standard InChI is InChI=1S/C25H40N8O8/c1-16(2)15-41-25(38)29-14-20(34)30-17(3)22(36)31-19(10-7-12-28-24(26)32-33(39)40)21(35)23(37)27-13-11-18-8-5-4-6-9-18/h4-6,8-9,16-17,19,21,35H,7,10-15H2,1-3H3,(H,27,37)(H,29,38)(H,30,34)(H,31,36)(H3,26,28,32)/t17-,19?,21?/m0/s1. The molecule has 0 spiro atoms. The van der Waals surface area contributed by atoms with E-state index in [0.29, 0.717) is 6.42 Å². The zero-order valence-electron chi connectivity index (χ0n) is 23.4. The van der Waals surface area contributed by atoms with Gasteiger partial charge in [-0.05, 0) is 37.7 Å². The molecule has 0 aliphatic heterocycles. The van der Waals surface area contributed by atoms with Gasteiger partial charge in [-0.1, -0.05) is 44.2 Å². The largest absolute Gasteiger partial charge is 0.449 e. The SMILES string of the molecule is CC(C)COC(=O)NCC(=O)N[C@@H](C)C(=O)NC(CCCN/C(N)=N\[N+](=O)[O-])C(O)C(=O)NCCc1ccccc1. The van der Waals surface area contributed by atoms with Gasteiger partial charge in [-0.25, -0.2) is 14.9 Å². The van der Waals surface area contributed by atoms with Gasteiger partial charge in [0.25, 0.3) is 11.9 Å². The molecule has 16 heteroatoms. The number of carbonyl (C=O) groups is 4. The van der Waals surface area contributed by atoms with Crippen molar-refractivity contribution in [2.24, 2.45) is 16.8 Å². The van der Waals surface area contributed by atoms with Crippen LogP contribution in [-0.2, 0) is 25.5 Å². The Hall–Kier alpha value is -4.47. The van der Waals surface area contributed by atoms with Gasteiger partial charge in [0, 0.05) is 13.1 Å². The van der Waals surface area contributed by atoms with Crippen LogP contribution in [0, 0.1) is 16.0 Å². The van der Waals surface area contributed by atoms with Crippen LogP contribution in [0.5, 0.6) is 0 Å². The molecule has 1 aromatic rings. The number of rotatable bonds is 17. The molecule has 0 aliphatic carbocycles. The fraction of sp³-hybridized carbons (Fsp3) is 0.560. The molecular formula is C25H40N8O8. The topological polar surface area (TPSA) is 239 Å². The van der Waals surface area contributed by atoms with Crippen molar-refractivity contribution in [2.75, 3.05) is 26.2 Å². The number of amides is 4. The van der Waals surface area contributed by atoms with Crippen LogP contribution in [0.4, 0.5) is 4.79 Å². The summed E-state index contributed by atoms with van der Waals surface area (Å²) in [4.78, 5) is 59.6. The van der Waals surface area contributed by atoms with Gasteiger partial charge in [-0.2, -0.15) is 0 Å². The first-order valence-corrected chi connectivity index (χ1v) is 13.1. The predicted molar refractivity (Wildman–Crippen MR) is 149 cm³/mol. The minimum atomic E-state index is -1.64. The predicted octanol–water partition coefficient (Wildman–Crippen LogP) is -1.05. The Morgan fingerprint density at radius 3 is 2.34 bits per heavy atom. The second-order valence-corrected chi connectivity index (χ2v) is 9.51. The number of hydrazone groups is 1. The minimum absolute atomic E-state index is 0.0711. The van der Waals surface area contributed by atoms with Crippen LogP contribution in [0.15, 0.2) is 35.4 Å². The Kier molecular flexibility index (Phi) is 15.8. The number of carbonyl (C=O) groups excluding carboxylic acids is 4. The molecule has 0 heterocycles. The molecule has 0 saturated carbocycles. The molecule has 16 nitrogen and oxygen atoms in total. The van der Waals surface area contributed by atoms with E-state index in [2.05, 4.69) is 31.7 Å². The summed E-state index contributed by atoms with van der Waals surface area (Å²) in [5, 5.41) is 35.5. The number of aliphatic hydroxyl groups excluding tert-OH is 1. The lowest BCUT2D eigenvalue weighted by Crippen LogP contribution is -2.55. The number of nitro groups is 1. The lowest BCUT2D eigenvalue weighted by atomic mass is 10.0. The van der Waals surface area contributed by atoms with Crippen LogP contribution in [0.2, 0.25) is 0 Å². The number of alkyl carbamates (subject to hydrolysis) is 1. The van der Waals surface area contributed by atoms with Crippen molar-refractivity contribution >= 4 is 29.8 Å². The first-order valence-electron chi connectivity index (χ1n) is 13.1. The van der Waals surface area contributed by atoms with Gasteiger partial charge in [-0.15, -0.1) is 0 Å². The summed E-state index contributed by atoms with van der Waals surface area (Å²) in [6.07, 6.45) is -1.58. The van der Waals surface area contributed by atoms with Crippen molar-refractivity contribution in [1.82, 2.24) is 26.6 Å². The number of hydrogen-bond donors (Lipinski definition) is 7. The number of ether oxygens (including phenoxy) is 1. The Balaban J connectivity index is 2.70. The van der Waals surface area contributed by atoms with Gasteiger partial charge in [0.2, 0.25) is 11.8 Å². The summed E-state index contributed by atoms with van der Waals surface area (Å²) in [7, 11) is 0. The zero-order chi connectivity index (χ0) is 30.8. The second kappa shape index (κ2) is 18.8.